The van der Waals surface area contributed by atoms with Gasteiger partial charge in [0, 0.05) is 36.9 Å². The van der Waals surface area contributed by atoms with Crippen molar-refractivity contribution in [2.45, 2.75) is 24.7 Å². The number of rotatable bonds is 3. The first-order chi connectivity index (χ1) is 14.3. The second kappa shape index (κ2) is 9.39. The van der Waals surface area contributed by atoms with Crippen molar-refractivity contribution in [2.24, 2.45) is 0 Å². The summed E-state index contributed by atoms with van der Waals surface area (Å²) in [6, 6.07) is 5.94. The Hall–Kier alpha value is -2.73. The Bertz CT molecular complexity index is 851. The van der Waals surface area contributed by atoms with Crippen molar-refractivity contribution in [3.05, 3.63) is 40.8 Å². The summed E-state index contributed by atoms with van der Waals surface area (Å²) in [7, 11) is 0. The smallest absolute Gasteiger partial charge is 0.475 e. The first kappa shape index (κ1) is 22.0. The number of carbonyl (C=O) groups excluding carboxylic acids is 1. The van der Waals surface area contributed by atoms with Gasteiger partial charge in [-0.2, -0.15) is 13.2 Å². The Morgan fingerprint density at radius 2 is 1.93 bits per heavy atom. The van der Waals surface area contributed by atoms with E-state index >= 15 is 0 Å². The van der Waals surface area contributed by atoms with Gasteiger partial charge in [0.1, 0.15) is 0 Å². The van der Waals surface area contributed by atoms with E-state index in [1.807, 2.05) is 28.5 Å². The van der Waals surface area contributed by atoms with Crippen molar-refractivity contribution in [3.63, 3.8) is 0 Å². The monoisotopic (exact) mass is 444 g/mol. The summed E-state index contributed by atoms with van der Waals surface area (Å²) < 4.78 is 37.6. The van der Waals surface area contributed by atoms with Crippen LogP contribution in [0.5, 0.6) is 0 Å². The molecule has 0 unspecified atom stereocenters. The molecule has 0 aliphatic carbocycles. The number of amides is 1. The van der Waals surface area contributed by atoms with Crippen molar-refractivity contribution in [1.82, 2.24) is 14.9 Å². The molecule has 162 valence electrons. The number of ether oxygens (including phenoxy) is 1. The van der Waals surface area contributed by atoms with E-state index in [1.54, 1.807) is 23.7 Å². The van der Waals surface area contributed by atoms with Crippen molar-refractivity contribution >= 4 is 29.2 Å². The summed E-state index contributed by atoms with van der Waals surface area (Å²) in [5, 5.41) is 9.13. The van der Waals surface area contributed by atoms with Gasteiger partial charge in [-0.05, 0) is 17.5 Å². The summed E-state index contributed by atoms with van der Waals surface area (Å²) >= 11 is 1.62. The highest BCUT2D eigenvalue weighted by Crippen LogP contribution is 2.26. The molecule has 8 nitrogen and oxygen atoms in total. The average Bonchev–Trinajstić information content (AvgIpc) is 3.37. The molecule has 0 bridgehead atoms. The number of carboxylic acid groups (broad SMARTS) is 1. The molecule has 2 aromatic heterocycles. The molecular formula is C18H19F3N4O4S. The molecule has 0 aromatic carbocycles. The fourth-order valence-corrected chi connectivity index (χ4v) is 3.95. The summed E-state index contributed by atoms with van der Waals surface area (Å²) in [5.41, 5.74) is 0. The predicted octanol–water partition coefficient (Wildman–Crippen LogP) is 1.83. The molecule has 0 radical (unpaired) electrons. The standard InChI is InChI=1S/C16H18N4O2S.C2HF3O2/c21-15(9-12-3-1-8-23-12)19-10-13-14(11-19)22-7-6-20(13)16-17-4-2-5-18-16;3-2(4,5)1(6)7/h1-5,8,13-14H,6-7,9-11H2;(H,6,7)/t13-,14+;/m1./s1. The van der Waals surface area contributed by atoms with Crippen molar-refractivity contribution in [1.29, 1.82) is 0 Å². The fourth-order valence-electron chi connectivity index (χ4n) is 3.25. The molecule has 2 atom stereocenters. The van der Waals surface area contributed by atoms with Crippen LogP contribution >= 0.6 is 11.3 Å². The topological polar surface area (TPSA) is 95.9 Å². The number of likely N-dealkylation sites (tertiary alicyclic amines) is 1. The SMILES string of the molecule is O=C(Cc1cccs1)N1C[C@@H]2OCCN(c3ncccn3)[C@@H]2C1.O=C(O)C(F)(F)F. The van der Waals surface area contributed by atoms with Gasteiger partial charge in [-0.15, -0.1) is 11.3 Å². The van der Waals surface area contributed by atoms with Gasteiger partial charge >= 0.3 is 12.1 Å². The molecule has 12 heteroatoms. The number of fused-ring (bicyclic) bond motifs is 1. The van der Waals surface area contributed by atoms with Crippen LogP contribution in [-0.4, -0.2) is 76.4 Å². The van der Waals surface area contributed by atoms with Gasteiger partial charge in [-0.1, -0.05) is 6.07 Å². The van der Waals surface area contributed by atoms with Crippen LogP contribution in [0.4, 0.5) is 19.1 Å². The maximum Gasteiger partial charge on any atom is 0.490 e. The second-order valence-electron chi connectivity index (χ2n) is 6.58. The number of alkyl halides is 3. The van der Waals surface area contributed by atoms with E-state index in [-0.39, 0.29) is 18.1 Å². The number of nitrogens with zero attached hydrogens (tertiary/aromatic N) is 4. The largest absolute Gasteiger partial charge is 0.490 e. The molecule has 2 saturated heterocycles. The lowest BCUT2D eigenvalue weighted by Gasteiger charge is -2.36. The molecule has 30 heavy (non-hydrogen) atoms. The van der Waals surface area contributed by atoms with Crippen LogP contribution in [0.25, 0.3) is 0 Å². The van der Waals surface area contributed by atoms with Crippen LogP contribution in [0.2, 0.25) is 0 Å². The zero-order valence-electron chi connectivity index (χ0n) is 15.7. The Kier molecular flexibility index (Phi) is 6.87. The van der Waals surface area contributed by atoms with E-state index in [9.17, 15) is 18.0 Å². The third kappa shape index (κ3) is 5.45. The van der Waals surface area contributed by atoms with Crippen molar-refractivity contribution < 1.29 is 32.6 Å². The molecular weight excluding hydrogens is 425 g/mol. The number of halogens is 3. The van der Waals surface area contributed by atoms with E-state index in [1.165, 1.54) is 0 Å². The highest BCUT2D eigenvalue weighted by molar-refractivity contribution is 7.10. The van der Waals surface area contributed by atoms with Crippen molar-refractivity contribution in [2.75, 3.05) is 31.1 Å². The molecule has 0 saturated carbocycles. The first-order valence-corrected chi connectivity index (χ1v) is 9.89. The number of carboxylic acids is 1. The molecule has 0 spiro atoms. The minimum Gasteiger partial charge on any atom is -0.475 e. The lowest BCUT2D eigenvalue weighted by atomic mass is 10.1. The Morgan fingerprint density at radius 1 is 1.23 bits per heavy atom. The number of thiophene rings is 1. The summed E-state index contributed by atoms with van der Waals surface area (Å²) in [5.74, 6) is -1.87. The Labute approximate surface area is 173 Å². The molecule has 2 aliphatic rings. The van der Waals surface area contributed by atoms with Gasteiger partial charge in [0.25, 0.3) is 0 Å². The molecule has 4 rings (SSSR count). The number of anilines is 1. The zero-order valence-corrected chi connectivity index (χ0v) is 16.5. The van der Waals surface area contributed by atoms with E-state index in [2.05, 4.69) is 14.9 Å². The molecule has 4 heterocycles. The van der Waals surface area contributed by atoms with E-state index in [4.69, 9.17) is 14.6 Å². The Morgan fingerprint density at radius 3 is 2.53 bits per heavy atom. The Balaban J connectivity index is 0.000000318. The number of aromatic nitrogens is 2. The van der Waals surface area contributed by atoms with E-state index < -0.39 is 12.1 Å². The summed E-state index contributed by atoms with van der Waals surface area (Å²) in [6.07, 6.45) is -1.07. The zero-order chi connectivity index (χ0) is 21.7. The number of hydrogen-bond donors (Lipinski definition) is 1. The average molecular weight is 444 g/mol. The van der Waals surface area contributed by atoms with Gasteiger partial charge in [0.05, 0.1) is 25.2 Å². The molecule has 2 aromatic rings. The maximum absolute atomic E-state index is 12.5. The number of morpholine rings is 1. The van der Waals surface area contributed by atoms with Gasteiger partial charge in [0.15, 0.2) is 0 Å². The van der Waals surface area contributed by atoms with Crippen LogP contribution in [0.3, 0.4) is 0 Å². The molecule has 1 amide bonds. The van der Waals surface area contributed by atoms with Gasteiger partial charge in [0.2, 0.25) is 11.9 Å². The van der Waals surface area contributed by atoms with Crippen LogP contribution in [-0.2, 0) is 20.7 Å². The van der Waals surface area contributed by atoms with E-state index in [0.29, 0.717) is 26.1 Å². The molecule has 1 N–H and O–H groups in total. The van der Waals surface area contributed by atoms with Crippen molar-refractivity contribution in [3.8, 4) is 0 Å². The number of hydrogen-bond acceptors (Lipinski definition) is 7. The van der Waals surface area contributed by atoms with Crippen LogP contribution in [0, 0.1) is 0 Å². The van der Waals surface area contributed by atoms with Gasteiger partial charge in [-0.25, -0.2) is 14.8 Å². The van der Waals surface area contributed by atoms with Gasteiger partial charge in [-0.3, -0.25) is 4.79 Å². The highest BCUT2D eigenvalue weighted by atomic mass is 32.1. The lowest BCUT2D eigenvalue weighted by molar-refractivity contribution is -0.192. The molecule has 2 fully saturated rings. The highest BCUT2D eigenvalue weighted by Gasteiger charge is 2.42. The predicted molar refractivity (Wildman–Crippen MR) is 101 cm³/mol. The number of aliphatic carboxylic acids is 1. The fraction of sp³-hybridized carbons (Fsp3) is 0.444. The summed E-state index contributed by atoms with van der Waals surface area (Å²) in [4.78, 5) is 35.3. The minimum atomic E-state index is -5.08. The summed E-state index contributed by atoms with van der Waals surface area (Å²) in [6.45, 7) is 2.73. The van der Waals surface area contributed by atoms with Crippen LogP contribution < -0.4 is 4.90 Å². The normalized spacial score (nSPS) is 20.9. The van der Waals surface area contributed by atoms with Gasteiger partial charge < -0.3 is 19.6 Å². The number of carbonyl (C=O) groups is 2. The quantitative estimate of drug-likeness (QED) is 0.772. The molecule has 2 aliphatic heterocycles. The third-order valence-corrected chi connectivity index (χ3v) is 5.49. The second-order valence-corrected chi connectivity index (χ2v) is 7.61. The lowest BCUT2D eigenvalue weighted by Crippen LogP contribution is -2.51. The van der Waals surface area contributed by atoms with Crippen LogP contribution in [0.1, 0.15) is 4.88 Å². The van der Waals surface area contributed by atoms with E-state index in [0.717, 1.165) is 17.4 Å². The first-order valence-electron chi connectivity index (χ1n) is 9.01. The maximum atomic E-state index is 12.5. The minimum absolute atomic E-state index is 0.0415. The van der Waals surface area contributed by atoms with Crippen LogP contribution in [0.15, 0.2) is 36.0 Å². The third-order valence-electron chi connectivity index (χ3n) is 4.61.